The molecule has 0 aliphatic rings. The minimum atomic E-state index is -3.89. The van der Waals surface area contributed by atoms with Crippen molar-refractivity contribution in [2.45, 2.75) is 25.0 Å². The van der Waals surface area contributed by atoms with Crippen LogP contribution in [-0.2, 0) is 21.2 Å². The first-order valence-electron chi connectivity index (χ1n) is 8.58. The zero-order valence-electron chi connectivity index (χ0n) is 15.3. The van der Waals surface area contributed by atoms with E-state index in [-0.39, 0.29) is 12.2 Å². The molecule has 0 radical (unpaired) electrons. The number of primary sulfonamides is 1. The largest absolute Gasteiger partial charge is 0.356 e. The van der Waals surface area contributed by atoms with Crippen LogP contribution < -0.4 is 5.14 Å². The summed E-state index contributed by atoms with van der Waals surface area (Å²) in [7, 11) is -3.89. The highest BCUT2D eigenvalue weighted by Gasteiger charge is 2.39. The average Bonchev–Trinajstić information content (AvgIpc) is 3.09. The molecule has 0 amide bonds. The Bertz CT molecular complexity index is 1070. The van der Waals surface area contributed by atoms with E-state index in [1.165, 1.54) is 0 Å². The first-order valence-corrected chi connectivity index (χ1v) is 10.1. The van der Waals surface area contributed by atoms with Crippen molar-refractivity contribution in [2.24, 2.45) is 5.14 Å². The van der Waals surface area contributed by atoms with E-state index in [0.29, 0.717) is 22.5 Å². The minimum Gasteiger partial charge on any atom is -0.356 e. The van der Waals surface area contributed by atoms with Crippen LogP contribution in [0.15, 0.2) is 66.7 Å². The Balaban J connectivity index is 1.94. The molecule has 2 aromatic carbocycles. The second-order valence-corrected chi connectivity index (χ2v) is 8.85. The molecule has 3 aromatic rings. The molecule has 140 valence electrons. The maximum Gasteiger partial charge on any atom is 0.219 e. The number of aromatic nitrogens is 1. The van der Waals surface area contributed by atoms with Crippen LogP contribution >= 0.6 is 0 Å². The van der Waals surface area contributed by atoms with Crippen molar-refractivity contribution < 1.29 is 13.2 Å². The van der Waals surface area contributed by atoms with Crippen LogP contribution in [0.1, 0.15) is 39.8 Å². The zero-order chi connectivity index (χ0) is 19.7. The lowest BCUT2D eigenvalue weighted by atomic mass is 9.95. The van der Waals surface area contributed by atoms with Gasteiger partial charge in [0.25, 0.3) is 0 Å². The van der Waals surface area contributed by atoms with Gasteiger partial charge in [-0.25, -0.2) is 13.6 Å². The first kappa shape index (κ1) is 19.1. The second-order valence-electron chi connectivity index (χ2n) is 6.86. The molecule has 0 saturated heterocycles. The predicted molar refractivity (Wildman–Crippen MR) is 106 cm³/mol. The topological polar surface area (TPSA) is 93.0 Å². The van der Waals surface area contributed by atoms with Crippen LogP contribution in [0.2, 0.25) is 0 Å². The van der Waals surface area contributed by atoms with Crippen molar-refractivity contribution in [2.75, 3.05) is 0 Å². The van der Waals surface area contributed by atoms with E-state index in [1.807, 2.05) is 31.2 Å². The number of aryl methyl sites for hydroxylation is 1. The van der Waals surface area contributed by atoms with E-state index in [1.54, 1.807) is 49.4 Å². The third kappa shape index (κ3) is 3.72. The standard InChI is InChI=1S/C21H22N2O3S/c1-15-8-6-7-11-18(15)20(24)19-13-12-17(23-19)14-21(2,27(22,25)26)16-9-4-3-5-10-16/h3-13,23H,14H2,1-2H3,(H2,22,25,26). The van der Waals surface area contributed by atoms with Gasteiger partial charge in [-0.2, -0.15) is 0 Å². The lowest BCUT2D eigenvalue weighted by molar-refractivity contribution is 0.103. The molecule has 1 atom stereocenters. The van der Waals surface area contributed by atoms with Crippen LogP contribution in [0.25, 0.3) is 0 Å². The maximum atomic E-state index is 12.7. The third-order valence-electron chi connectivity index (χ3n) is 4.92. The van der Waals surface area contributed by atoms with E-state index in [9.17, 15) is 13.2 Å². The van der Waals surface area contributed by atoms with Crippen LogP contribution in [-0.4, -0.2) is 19.2 Å². The number of hydrogen-bond acceptors (Lipinski definition) is 3. The van der Waals surface area contributed by atoms with Crippen molar-refractivity contribution in [3.05, 3.63) is 94.8 Å². The third-order valence-corrected chi connectivity index (χ3v) is 6.56. The van der Waals surface area contributed by atoms with Gasteiger partial charge in [0.1, 0.15) is 4.75 Å². The lowest BCUT2D eigenvalue weighted by Crippen LogP contribution is -2.40. The number of carbonyl (C=O) groups excluding carboxylic acids is 1. The fourth-order valence-corrected chi connectivity index (χ4v) is 3.99. The zero-order valence-corrected chi connectivity index (χ0v) is 16.1. The molecular weight excluding hydrogens is 360 g/mol. The van der Waals surface area contributed by atoms with E-state index in [2.05, 4.69) is 4.98 Å². The summed E-state index contributed by atoms with van der Waals surface area (Å²) in [6.45, 7) is 3.48. The number of carbonyl (C=O) groups is 1. The molecule has 1 unspecified atom stereocenters. The van der Waals surface area contributed by atoms with E-state index < -0.39 is 14.8 Å². The fourth-order valence-electron chi connectivity index (χ4n) is 3.17. The second kappa shape index (κ2) is 7.13. The molecule has 6 heteroatoms. The summed E-state index contributed by atoms with van der Waals surface area (Å²) in [5, 5.41) is 5.56. The molecule has 5 nitrogen and oxygen atoms in total. The molecule has 27 heavy (non-hydrogen) atoms. The minimum absolute atomic E-state index is 0.128. The first-order chi connectivity index (χ1) is 12.7. The smallest absolute Gasteiger partial charge is 0.219 e. The molecule has 0 spiro atoms. The number of H-pyrrole nitrogens is 1. The quantitative estimate of drug-likeness (QED) is 0.641. The Hall–Kier alpha value is -2.70. The monoisotopic (exact) mass is 382 g/mol. The van der Waals surface area contributed by atoms with Gasteiger partial charge < -0.3 is 4.98 Å². The van der Waals surface area contributed by atoms with Gasteiger partial charge in [-0.05, 0) is 37.1 Å². The lowest BCUT2D eigenvalue weighted by Gasteiger charge is -2.27. The molecule has 3 rings (SSSR count). The summed E-state index contributed by atoms with van der Waals surface area (Å²) in [4.78, 5) is 15.8. The Morgan fingerprint density at radius 3 is 2.26 bits per heavy atom. The van der Waals surface area contributed by atoms with Crippen LogP contribution in [0.5, 0.6) is 0 Å². The van der Waals surface area contributed by atoms with Crippen molar-refractivity contribution in [1.82, 2.24) is 4.98 Å². The molecule has 3 N–H and O–H groups in total. The van der Waals surface area contributed by atoms with Crippen molar-refractivity contribution in [1.29, 1.82) is 0 Å². The number of ketones is 1. The van der Waals surface area contributed by atoms with Gasteiger partial charge >= 0.3 is 0 Å². The van der Waals surface area contributed by atoms with Gasteiger partial charge in [-0.15, -0.1) is 0 Å². The summed E-state index contributed by atoms with van der Waals surface area (Å²) in [5.74, 6) is -0.128. The van der Waals surface area contributed by atoms with Gasteiger partial charge in [0.2, 0.25) is 15.8 Å². The molecule has 1 aromatic heterocycles. The highest BCUT2D eigenvalue weighted by Crippen LogP contribution is 2.32. The van der Waals surface area contributed by atoms with Gasteiger partial charge in [-0.3, -0.25) is 4.79 Å². The Morgan fingerprint density at radius 1 is 1.00 bits per heavy atom. The molecule has 0 bridgehead atoms. The summed E-state index contributed by atoms with van der Waals surface area (Å²) in [6.07, 6.45) is 0.136. The number of aromatic amines is 1. The van der Waals surface area contributed by atoms with Crippen molar-refractivity contribution >= 4 is 15.8 Å². The van der Waals surface area contributed by atoms with Crippen LogP contribution in [0, 0.1) is 6.92 Å². The van der Waals surface area contributed by atoms with Crippen LogP contribution in [0.4, 0.5) is 0 Å². The molecular formula is C21H22N2O3S. The summed E-state index contributed by atoms with van der Waals surface area (Å²) in [6, 6.07) is 19.6. The SMILES string of the molecule is Cc1ccccc1C(=O)c1ccc(CC(C)(c2ccccc2)S(N)(=O)=O)[nH]1. The number of nitrogens with two attached hydrogens (primary N) is 1. The van der Waals surface area contributed by atoms with Gasteiger partial charge in [0, 0.05) is 17.7 Å². The highest BCUT2D eigenvalue weighted by atomic mass is 32.2. The van der Waals surface area contributed by atoms with E-state index in [4.69, 9.17) is 5.14 Å². The van der Waals surface area contributed by atoms with Crippen molar-refractivity contribution in [3.8, 4) is 0 Å². The van der Waals surface area contributed by atoms with Gasteiger partial charge in [0.15, 0.2) is 0 Å². The molecule has 0 fully saturated rings. The van der Waals surface area contributed by atoms with Gasteiger partial charge in [-0.1, -0.05) is 54.6 Å². The van der Waals surface area contributed by atoms with Gasteiger partial charge in [0.05, 0.1) is 5.69 Å². The number of sulfonamides is 1. The number of rotatable bonds is 6. The Labute approximate surface area is 159 Å². The van der Waals surface area contributed by atoms with E-state index in [0.717, 1.165) is 5.56 Å². The summed E-state index contributed by atoms with van der Waals surface area (Å²) < 4.78 is 23.4. The van der Waals surface area contributed by atoms with E-state index >= 15 is 0 Å². The fraction of sp³-hybridized carbons (Fsp3) is 0.190. The molecule has 0 aliphatic carbocycles. The highest BCUT2D eigenvalue weighted by molar-refractivity contribution is 7.90. The maximum absolute atomic E-state index is 12.7. The Kier molecular flexibility index (Phi) is 5.04. The van der Waals surface area contributed by atoms with Crippen molar-refractivity contribution in [3.63, 3.8) is 0 Å². The van der Waals surface area contributed by atoms with Crippen LogP contribution in [0.3, 0.4) is 0 Å². The summed E-state index contributed by atoms with van der Waals surface area (Å²) in [5.41, 5.74) is 3.16. The molecule has 0 aliphatic heterocycles. The average molecular weight is 382 g/mol. The number of nitrogens with one attached hydrogen (secondary N) is 1. The predicted octanol–water partition coefficient (Wildman–Crippen LogP) is 3.30. The number of benzene rings is 2. The Morgan fingerprint density at radius 2 is 1.63 bits per heavy atom. The summed E-state index contributed by atoms with van der Waals surface area (Å²) >= 11 is 0. The normalized spacial score (nSPS) is 13.9. The molecule has 1 heterocycles. The molecule has 0 saturated carbocycles. The number of hydrogen-bond donors (Lipinski definition) is 2.